The summed E-state index contributed by atoms with van der Waals surface area (Å²) >= 11 is 0. The smallest absolute Gasteiger partial charge is 0.340 e. The molecule has 1 aliphatic heterocycles. The number of hydrogen-bond donors (Lipinski definition) is 3. The summed E-state index contributed by atoms with van der Waals surface area (Å²) < 4.78 is 5.28. The molecule has 2 amide bonds. The molecule has 1 unspecified atom stereocenters. The number of anilines is 1. The van der Waals surface area contributed by atoms with Crippen LogP contribution in [-0.4, -0.2) is 46.9 Å². The number of aryl methyl sites for hydroxylation is 1. The Morgan fingerprint density at radius 1 is 1.22 bits per heavy atom. The first-order chi connectivity index (χ1) is 15.2. The van der Waals surface area contributed by atoms with Crippen LogP contribution in [0.1, 0.15) is 64.4 Å². The topological polar surface area (TPSA) is 118 Å². The Labute approximate surface area is 188 Å². The van der Waals surface area contributed by atoms with Crippen molar-refractivity contribution in [3.8, 4) is 0 Å². The number of benzene rings is 1. The number of nitrogens with zero attached hydrogens (tertiary/aromatic N) is 1. The highest BCUT2D eigenvalue weighted by Gasteiger charge is 2.25. The van der Waals surface area contributed by atoms with Gasteiger partial charge in [-0.2, -0.15) is 0 Å². The van der Waals surface area contributed by atoms with Crippen molar-refractivity contribution < 1.29 is 19.1 Å². The molecular formula is C24H32N4O4. The van der Waals surface area contributed by atoms with Gasteiger partial charge in [-0.25, -0.2) is 4.79 Å². The second kappa shape index (κ2) is 9.99. The summed E-state index contributed by atoms with van der Waals surface area (Å²) in [7, 11) is 0. The standard InChI is InChI=1S/C24H32N4O4/c1-14(2)32-24(31)20-15(3)21(26-16(20)4)23(30)27-19-9-7-17(8-10-19)12-28-11-5-6-18(13-28)22(25)29/h7-10,14,18,26H,5-6,11-13H2,1-4H3,(H2,25,29)(H,27,30). The molecule has 0 saturated carbocycles. The minimum absolute atomic E-state index is 0.0856. The van der Waals surface area contributed by atoms with Gasteiger partial charge in [0.15, 0.2) is 0 Å². The van der Waals surface area contributed by atoms with E-state index in [4.69, 9.17) is 10.5 Å². The fourth-order valence-corrected chi connectivity index (χ4v) is 4.13. The number of hydrogen-bond acceptors (Lipinski definition) is 5. The molecule has 1 aromatic heterocycles. The second-order valence-electron chi connectivity index (χ2n) is 8.71. The summed E-state index contributed by atoms with van der Waals surface area (Å²) in [5.41, 5.74) is 9.12. The SMILES string of the molecule is Cc1[nH]c(C(=O)Nc2ccc(CN3CCCC(C(N)=O)C3)cc2)c(C)c1C(=O)OC(C)C. The number of nitrogens with two attached hydrogens (primary N) is 1. The van der Waals surface area contributed by atoms with Crippen LogP contribution in [0.2, 0.25) is 0 Å². The zero-order valence-electron chi connectivity index (χ0n) is 19.2. The molecule has 172 valence electrons. The van der Waals surface area contributed by atoms with E-state index in [1.807, 2.05) is 24.3 Å². The highest BCUT2D eigenvalue weighted by atomic mass is 16.5. The van der Waals surface area contributed by atoms with Crippen LogP contribution >= 0.6 is 0 Å². The minimum Gasteiger partial charge on any atom is -0.459 e. The number of carbonyl (C=O) groups is 3. The molecule has 0 aliphatic carbocycles. The molecule has 8 heteroatoms. The molecule has 1 atom stereocenters. The first-order valence-corrected chi connectivity index (χ1v) is 11.0. The number of rotatable bonds is 7. The fraction of sp³-hybridized carbons (Fsp3) is 0.458. The molecule has 0 spiro atoms. The summed E-state index contributed by atoms with van der Waals surface area (Å²) in [6.45, 7) is 9.40. The number of nitrogens with one attached hydrogen (secondary N) is 2. The van der Waals surface area contributed by atoms with E-state index in [0.29, 0.717) is 34.7 Å². The number of aromatic nitrogens is 1. The van der Waals surface area contributed by atoms with Gasteiger partial charge in [-0.05, 0) is 70.3 Å². The van der Waals surface area contributed by atoms with Crippen molar-refractivity contribution in [3.63, 3.8) is 0 Å². The van der Waals surface area contributed by atoms with Gasteiger partial charge in [0.05, 0.1) is 17.6 Å². The molecule has 0 radical (unpaired) electrons. The minimum atomic E-state index is -0.439. The normalized spacial score (nSPS) is 16.7. The van der Waals surface area contributed by atoms with E-state index in [1.54, 1.807) is 27.7 Å². The summed E-state index contributed by atoms with van der Waals surface area (Å²) in [5, 5.41) is 2.88. The summed E-state index contributed by atoms with van der Waals surface area (Å²) in [6.07, 6.45) is 1.58. The quantitative estimate of drug-likeness (QED) is 0.572. The number of H-pyrrole nitrogens is 1. The average molecular weight is 441 g/mol. The van der Waals surface area contributed by atoms with Crippen LogP contribution in [0.25, 0.3) is 0 Å². The van der Waals surface area contributed by atoms with E-state index in [0.717, 1.165) is 31.5 Å². The maximum atomic E-state index is 12.8. The molecular weight excluding hydrogens is 408 g/mol. The Morgan fingerprint density at radius 2 is 1.91 bits per heavy atom. The monoisotopic (exact) mass is 440 g/mol. The Hall–Kier alpha value is -3.13. The number of ether oxygens (including phenoxy) is 1. The van der Waals surface area contributed by atoms with Crippen LogP contribution in [0.3, 0.4) is 0 Å². The van der Waals surface area contributed by atoms with Gasteiger partial charge in [-0.3, -0.25) is 14.5 Å². The Bertz CT molecular complexity index is 994. The zero-order chi connectivity index (χ0) is 23.4. The Balaban J connectivity index is 1.64. The van der Waals surface area contributed by atoms with Crippen LogP contribution in [0.4, 0.5) is 5.69 Å². The number of primary amides is 1. The van der Waals surface area contributed by atoms with Gasteiger partial charge in [0.2, 0.25) is 5.91 Å². The number of piperidine rings is 1. The predicted octanol–water partition coefficient (Wildman–Crippen LogP) is 3.15. The van der Waals surface area contributed by atoms with Gasteiger partial charge < -0.3 is 20.8 Å². The van der Waals surface area contributed by atoms with Crippen LogP contribution in [0.5, 0.6) is 0 Å². The first-order valence-electron chi connectivity index (χ1n) is 11.0. The van der Waals surface area contributed by atoms with Gasteiger partial charge >= 0.3 is 5.97 Å². The summed E-state index contributed by atoms with van der Waals surface area (Å²) in [5.74, 6) is -1.08. The molecule has 1 fully saturated rings. The van der Waals surface area contributed by atoms with E-state index in [-0.39, 0.29) is 23.8 Å². The zero-order valence-corrected chi connectivity index (χ0v) is 19.2. The third-order valence-corrected chi connectivity index (χ3v) is 5.74. The maximum Gasteiger partial charge on any atom is 0.340 e. The number of esters is 1. The fourth-order valence-electron chi connectivity index (χ4n) is 4.13. The average Bonchev–Trinajstić information content (AvgIpc) is 3.03. The van der Waals surface area contributed by atoms with Crippen molar-refractivity contribution in [2.24, 2.45) is 11.7 Å². The lowest BCUT2D eigenvalue weighted by molar-refractivity contribution is -0.123. The van der Waals surface area contributed by atoms with Gasteiger partial charge in [-0.1, -0.05) is 12.1 Å². The molecule has 3 rings (SSSR count). The largest absolute Gasteiger partial charge is 0.459 e. The lowest BCUT2D eigenvalue weighted by Crippen LogP contribution is -2.40. The summed E-state index contributed by atoms with van der Waals surface area (Å²) in [4.78, 5) is 41.9. The van der Waals surface area contributed by atoms with Gasteiger partial charge in [0.25, 0.3) is 5.91 Å². The summed E-state index contributed by atoms with van der Waals surface area (Å²) in [6, 6.07) is 7.62. The van der Waals surface area contributed by atoms with E-state index >= 15 is 0 Å². The number of likely N-dealkylation sites (tertiary alicyclic amines) is 1. The van der Waals surface area contributed by atoms with Crippen molar-refractivity contribution >= 4 is 23.5 Å². The molecule has 2 aromatic rings. The Kier molecular flexibility index (Phi) is 7.35. The lowest BCUT2D eigenvalue weighted by Gasteiger charge is -2.31. The van der Waals surface area contributed by atoms with E-state index in [1.165, 1.54) is 0 Å². The highest BCUT2D eigenvalue weighted by molar-refractivity contribution is 6.06. The van der Waals surface area contributed by atoms with Crippen LogP contribution in [-0.2, 0) is 16.1 Å². The molecule has 1 aliphatic rings. The molecule has 4 N–H and O–H groups in total. The second-order valence-corrected chi connectivity index (χ2v) is 8.71. The molecule has 1 saturated heterocycles. The van der Waals surface area contributed by atoms with Crippen molar-refractivity contribution in [1.82, 2.24) is 9.88 Å². The van der Waals surface area contributed by atoms with Crippen molar-refractivity contribution in [1.29, 1.82) is 0 Å². The van der Waals surface area contributed by atoms with Crippen molar-refractivity contribution in [2.45, 2.75) is 53.2 Å². The first kappa shape index (κ1) is 23.5. The molecule has 2 heterocycles. The van der Waals surface area contributed by atoms with Crippen molar-refractivity contribution in [3.05, 3.63) is 52.3 Å². The van der Waals surface area contributed by atoms with Crippen LogP contribution in [0.15, 0.2) is 24.3 Å². The number of amides is 2. The lowest BCUT2D eigenvalue weighted by atomic mass is 9.97. The molecule has 0 bridgehead atoms. The van der Waals surface area contributed by atoms with Gasteiger partial charge in [0, 0.05) is 24.5 Å². The van der Waals surface area contributed by atoms with E-state index < -0.39 is 5.97 Å². The van der Waals surface area contributed by atoms with Crippen LogP contribution < -0.4 is 11.1 Å². The number of carbonyl (C=O) groups excluding carboxylic acids is 3. The Morgan fingerprint density at radius 3 is 2.53 bits per heavy atom. The number of aromatic amines is 1. The van der Waals surface area contributed by atoms with Gasteiger partial charge in [0.1, 0.15) is 5.69 Å². The van der Waals surface area contributed by atoms with Crippen molar-refractivity contribution in [2.75, 3.05) is 18.4 Å². The predicted molar refractivity (Wildman–Crippen MR) is 122 cm³/mol. The van der Waals surface area contributed by atoms with Crippen LogP contribution in [0, 0.1) is 19.8 Å². The molecule has 32 heavy (non-hydrogen) atoms. The van der Waals surface area contributed by atoms with E-state index in [9.17, 15) is 14.4 Å². The third-order valence-electron chi connectivity index (χ3n) is 5.74. The van der Waals surface area contributed by atoms with E-state index in [2.05, 4.69) is 15.2 Å². The molecule has 1 aromatic carbocycles. The van der Waals surface area contributed by atoms with Gasteiger partial charge in [-0.15, -0.1) is 0 Å². The highest BCUT2D eigenvalue weighted by Crippen LogP contribution is 2.22. The molecule has 8 nitrogen and oxygen atoms in total. The maximum absolute atomic E-state index is 12.8. The third kappa shape index (κ3) is 5.56.